The number of rotatable bonds is 2. The molecular formula is C13H9NO4S2. The van der Waals surface area contributed by atoms with E-state index in [4.69, 9.17) is 0 Å². The van der Waals surface area contributed by atoms with Gasteiger partial charge in [-0.15, -0.1) is 0 Å². The Labute approximate surface area is 118 Å². The number of aromatic amines is 1. The monoisotopic (exact) mass is 307 g/mol. The van der Waals surface area contributed by atoms with Crippen LogP contribution in [0.2, 0.25) is 0 Å². The van der Waals surface area contributed by atoms with Crippen LogP contribution in [0, 0.1) is 0 Å². The van der Waals surface area contributed by atoms with E-state index in [2.05, 4.69) is 4.98 Å². The number of H-pyrrole nitrogens is 1. The predicted molar refractivity (Wildman–Crippen MR) is 76.0 cm³/mol. The molecule has 5 nitrogen and oxygen atoms in total. The highest BCUT2D eigenvalue weighted by Gasteiger charge is 2.25. The topological polar surface area (TPSA) is 87.2 Å². The molecule has 0 aliphatic rings. The highest BCUT2D eigenvalue weighted by Crippen LogP contribution is 2.30. The Morgan fingerprint density at radius 2 is 1.75 bits per heavy atom. The van der Waals surface area contributed by atoms with E-state index >= 15 is 0 Å². The fourth-order valence-corrected chi connectivity index (χ4v) is 4.40. The minimum atomic E-state index is -3.90. The van der Waals surface area contributed by atoms with Gasteiger partial charge in [0.25, 0.3) is 0 Å². The lowest BCUT2D eigenvalue weighted by Gasteiger charge is -2.04. The number of aromatic hydroxyl groups is 1. The first-order valence-corrected chi connectivity index (χ1v) is 7.94. The van der Waals surface area contributed by atoms with Crippen molar-refractivity contribution in [2.75, 3.05) is 0 Å². The smallest absolute Gasteiger partial charge is 0.308 e. The molecule has 102 valence electrons. The van der Waals surface area contributed by atoms with Gasteiger partial charge in [-0.2, -0.15) is 0 Å². The Bertz CT molecular complexity index is 954. The molecule has 0 radical (unpaired) electrons. The fourth-order valence-electron chi connectivity index (χ4n) is 1.93. The summed E-state index contributed by atoms with van der Waals surface area (Å²) in [5.74, 6) is -0.617. The molecule has 3 aromatic rings. The van der Waals surface area contributed by atoms with Crippen molar-refractivity contribution < 1.29 is 13.5 Å². The maximum atomic E-state index is 12.4. The average molecular weight is 307 g/mol. The van der Waals surface area contributed by atoms with Crippen molar-refractivity contribution in [1.29, 1.82) is 0 Å². The molecule has 0 bridgehead atoms. The molecule has 0 atom stereocenters. The lowest BCUT2D eigenvalue weighted by Crippen LogP contribution is -2.00. The molecular weight excluding hydrogens is 298 g/mol. The molecule has 0 fully saturated rings. The summed E-state index contributed by atoms with van der Waals surface area (Å²) in [6, 6.07) is 12.0. The summed E-state index contributed by atoms with van der Waals surface area (Å²) in [4.78, 5) is 12.6. The van der Waals surface area contributed by atoms with Crippen LogP contribution in [0.15, 0.2) is 56.4 Å². The standard InChI is InChI=1S/C13H9NO4S2/c15-11-12(19-13(16)14-11)20(17,18)10-6-5-8-3-1-2-4-9(8)7-10/h1-7,15H,(H,14,16). The molecule has 2 aromatic carbocycles. The van der Waals surface area contributed by atoms with Crippen molar-refractivity contribution >= 4 is 31.9 Å². The Hall–Kier alpha value is -2.12. The van der Waals surface area contributed by atoms with E-state index in [0.717, 1.165) is 10.8 Å². The Morgan fingerprint density at radius 3 is 2.40 bits per heavy atom. The highest BCUT2D eigenvalue weighted by molar-refractivity contribution is 7.93. The van der Waals surface area contributed by atoms with E-state index in [9.17, 15) is 18.3 Å². The van der Waals surface area contributed by atoms with Crippen molar-refractivity contribution in [3.63, 3.8) is 0 Å². The van der Waals surface area contributed by atoms with Gasteiger partial charge in [0.1, 0.15) is 0 Å². The largest absolute Gasteiger partial charge is 0.493 e. The highest BCUT2D eigenvalue weighted by atomic mass is 32.2. The number of aromatic nitrogens is 1. The molecule has 1 heterocycles. The number of benzene rings is 2. The molecule has 1 aromatic heterocycles. The lowest BCUT2D eigenvalue weighted by molar-refractivity contribution is 0.442. The number of thiazole rings is 1. The van der Waals surface area contributed by atoms with Gasteiger partial charge in [0.05, 0.1) is 4.90 Å². The second-order valence-electron chi connectivity index (χ2n) is 4.16. The minimum absolute atomic E-state index is 0.0433. The van der Waals surface area contributed by atoms with Crippen molar-refractivity contribution in [2.45, 2.75) is 9.10 Å². The Kier molecular flexibility index (Phi) is 2.88. The third kappa shape index (κ3) is 2.00. The molecule has 0 saturated carbocycles. The summed E-state index contributed by atoms with van der Waals surface area (Å²) in [7, 11) is -3.90. The third-order valence-corrected chi connectivity index (χ3v) is 6.00. The van der Waals surface area contributed by atoms with Gasteiger partial charge >= 0.3 is 4.87 Å². The SMILES string of the molecule is O=c1[nH]c(O)c(S(=O)(=O)c2ccc3ccccc3c2)s1. The second-order valence-corrected chi connectivity index (χ2v) is 7.29. The summed E-state index contributed by atoms with van der Waals surface area (Å²) >= 11 is 0.472. The fraction of sp³-hybridized carbons (Fsp3) is 0. The predicted octanol–water partition coefficient (Wildman–Crippen LogP) is 2.13. The van der Waals surface area contributed by atoms with Crippen molar-refractivity contribution in [3.8, 4) is 5.88 Å². The first-order valence-electron chi connectivity index (χ1n) is 5.64. The maximum absolute atomic E-state index is 12.4. The van der Waals surface area contributed by atoms with Crippen LogP contribution in [0.25, 0.3) is 10.8 Å². The molecule has 0 aliphatic heterocycles. The minimum Gasteiger partial charge on any atom is -0.493 e. The zero-order chi connectivity index (χ0) is 14.3. The zero-order valence-electron chi connectivity index (χ0n) is 10.0. The number of hydrogen-bond acceptors (Lipinski definition) is 5. The van der Waals surface area contributed by atoms with Gasteiger partial charge in [0, 0.05) is 0 Å². The summed E-state index contributed by atoms with van der Waals surface area (Å²) in [6.45, 7) is 0. The van der Waals surface area contributed by atoms with E-state index in [1.54, 1.807) is 12.1 Å². The van der Waals surface area contributed by atoms with Gasteiger partial charge < -0.3 is 5.11 Å². The van der Waals surface area contributed by atoms with Crippen LogP contribution in [0.5, 0.6) is 5.88 Å². The molecule has 0 saturated heterocycles. The maximum Gasteiger partial charge on any atom is 0.308 e. The van der Waals surface area contributed by atoms with E-state index in [0.29, 0.717) is 11.3 Å². The van der Waals surface area contributed by atoms with Gasteiger partial charge in [-0.1, -0.05) is 41.7 Å². The molecule has 7 heteroatoms. The van der Waals surface area contributed by atoms with Crippen LogP contribution in [-0.4, -0.2) is 18.5 Å². The van der Waals surface area contributed by atoms with Crippen molar-refractivity contribution in [2.24, 2.45) is 0 Å². The Morgan fingerprint density at radius 1 is 1.05 bits per heavy atom. The molecule has 2 N–H and O–H groups in total. The zero-order valence-corrected chi connectivity index (χ0v) is 11.7. The average Bonchev–Trinajstić information content (AvgIpc) is 2.78. The number of nitrogens with one attached hydrogen (secondary N) is 1. The summed E-state index contributed by atoms with van der Waals surface area (Å²) in [5, 5.41) is 11.2. The molecule has 20 heavy (non-hydrogen) atoms. The van der Waals surface area contributed by atoms with Crippen molar-refractivity contribution in [3.05, 3.63) is 52.1 Å². The van der Waals surface area contributed by atoms with Crippen molar-refractivity contribution in [1.82, 2.24) is 4.98 Å². The molecule has 3 rings (SSSR count). The van der Waals surface area contributed by atoms with Crippen LogP contribution >= 0.6 is 11.3 Å². The van der Waals surface area contributed by atoms with Gasteiger partial charge in [-0.05, 0) is 22.9 Å². The molecule has 0 aliphatic carbocycles. The van der Waals surface area contributed by atoms with Crippen LogP contribution in [0.1, 0.15) is 0 Å². The number of fused-ring (bicyclic) bond motifs is 1. The van der Waals surface area contributed by atoms with Gasteiger partial charge in [-0.25, -0.2) is 8.42 Å². The van der Waals surface area contributed by atoms with E-state index < -0.39 is 20.6 Å². The Balaban J connectivity index is 2.23. The van der Waals surface area contributed by atoms with Crippen LogP contribution in [-0.2, 0) is 9.84 Å². The van der Waals surface area contributed by atoms with E-state index in [1.807, 2.05) is 18.2 Å². The summed E-state index contributed by atoms with van der Waals surface area (Å²) in [5.41, 5.74) is 0. The van der Waals surface area contributed by atoms with Crippen LogP contribution in [0.3, 0.4) is 0 Å². The summed E-state index contributed by atoms with van der Waals surface area (Å²) < 4.78 is 24.4. The van der Waals surface area contributed by atoms with E-state index in [1.165, 1.54) is 12.1 Å². The third-order valence-electron chi connectivity index (χ3n) is 2.87. The quantitative estimate of drug-likeness (QED) is 0.759. The van der Waals surface area contributed by atoms with Crippen LogP contribution < -0.4 is 4.87 Å². The number of sulfone groups is 1. The molecule has 0 unspecified atom stereocenters. The first kappa shape index (κ1) is 12.9. The molecule has 0 amide bonds. The van der Waals surface area contributed by atoms with Gasteiger partial charge in [0.2, 0.25) is 15.7 Å². The van der Waals surface area contributed by atoms with Gasteiger partial charge in [-0.3, -0.25) is 9.78 Å². The molecule has 0 spiro atoms. The first-order chi connectivity index (χ1) is 9.48. The normalized spacial score (nSPS) is 11.8. The van der Waals surface area contributed by atoms with E-state index in [-0.39, 0.29) is 9.10 Å². The second kappa shape index (κ2) is 4.46. The lowest BCUT2D eigenvalue weighted by atomic mass is 10.1. The number of hydrogen-bond donors (Lipinski definition) is 2. The summed E-state index contributed by atoms with van der Waals surface area (Å²) in [6.07, 6.45) is 0. The van der Waals surface area contributed by atoms with Crippen LogP contribution in [0.4, 0.5) is 0 Å². The van der Waals surface area contributed by atoms with Gasteiger partial charge in [0.15, 0.2) is 4.21 Å².